The fourth-order valence-electron chi connectivity index (χ4n) is 5.53. The van der Waals surface area contributed by atoms with Crippen LogP contribution in [0.25, 0.3) is 0 Å². The molecule has 1 unspecified atom stereocenters. The standard InChI is InChI=1S/C35H48O8/c1-9-20-35(6,41-23-27-13-17-29(39-8)18-14-27)31-21-30(42-34(4,5)43-31)25(3)33(24(2)10-19-32(36)37)40-22-26-11-15-28(38-7)16-12-26/h9-19,24-25,30-31,33H,1,20-23H2,2-8H3,(H,36,37)/b19-10+/t24-,25-,30-,31+,33+,35?/m0/s1. The number of ether oxygens (including phenoxy) is 6. The summed E-state index contributed by atoms with van der Waals surface area (Å²) in [6, 6.07) is 15.5. The van der Waals surface area contributed by atoms with Crippen LogP contribution in [0.2, 0.25) is 0 Å². The Morgan fingerprint density at radius 1 is 1.02 bits per heavy atom. The molecule has 2 aromatic carbocycles. The average molecular weight is 597 g/mol. The maximum absolute atomic E-state index is 11.3. The van der Waals surface area contributed by atoms with Gasteiger partial charge in [-0.3, -0.25) is 0 Å². The van der Waals surface area contributed by atoms with Gasteiger partial charge in [0.05, 0.1) is 51.3 Å². The van der Waals surface area contributed by atoms with Crippen molar-refractivity contribution in [3.63, 3.8) is 0 Å². The van der Waals surface area contributed by atoms with E-state index < -0.39 is 17.4 Å². The molecule has 0 bridgehead atoms. The van der Waals surface area contributed by atoms with Crippen molar-refractivity contribution in [2.24, 2.45) is 11.8 Å². The van der Waals surface area contributed by atoms with Gasteiger partial charge in [-0.1, -0.05) is 50.3 Å². The van der Waals surface area contributed by atoms with Crippen molar-refractivity contribution in [2.75, 3.05) is 14.2 Å². The largest absolute Gasteiger partial charge is 0.497 e. The van der Waals surface area contributed by atoms with Crippen LogP contribution in [0.5, 0.6) is 11.5 Å². The second-order valence-corrected chi connectivity index (χ2v) is 11.9. The van der Waals surface area contributed by atoms with Crippen LogP contribution in [-0.4, -0.2) is 55.0 Å². The highest BCUT2D eigenvalue weighted by Crippen LogP contribution is 2.40. The van der Waals surface area contributed by atoms with Gasteiger partial charge in [0.2, 0.25) is 0 Å². The van der Waals surface area contributed by atoms with E-state index in [9.17, 15) is 9.90 Å². The quantitative estimate of drug-likeness (QED) is 0.164. The molecule has 0 amide bonds. The van der Waals surface area contributed by atoms with E-state index >= 15 is 0 Å². The van der Waals surface area contributed by atoms with E-state index in [0.717, 1.165) is 22.6 Å². The van der Waals surface area contributed by atoms with E-state index in [1.165, 1.54) is 6.08 Å². The number of carboxylic acid groups (broad SMARTS) is 1. The number of hydrogen-bond donors (Lipinski definition) is 1. The molecule has 3 rings (SSSR count). The average Bonchev–Trinajstić information content (AvgIpc) is 2.98. The van der Waals surface area contributed by atoms with E-state index in [0.29, 0.717) is 26.1 Å². The lowest BCUT2D eigenvalue weighted by atomic mass is 9.82. The predicted octanol–water partition coefficient (Wildman–Crippen LogP) is 6.96. The third-order valence-corrected chi connectivity index (χ3v) is 8.03. The number of aliphatic carboxylic acids is 1. The first kappa shape index (κ1) is 34.3. The summed E-state index contributed by atoms with van der Waals surface area (Å²) < 4.78 is 36.7. The second-order valence-electron chi connectivity index (χ2n) is 11.9. The van der Waals surface area contributed by atoms with Gasteiger partial charge in [-0.05, 0) is 62.6 Å². The van der Waals surface area contributed by atoms with Crippen LogP contribution >= 0.6 is 0 Å². The first-order valence-electron chi connectivity index (χ1n) is 14.8. The van der Waals surface area contributed by atoms with E-state index in [4.69, 9.17) is 28.4 Å². The molecule has 2 aromatic rings. The summed E-state index contributed by atoms with van der Waals surface area (Å²) in [6.07, 6.45) is 4.98. The molecule has 0 radical (unpaired) electrons. The first-order valence-corrected chi connectivity index (χ1v) is 14.8. The Hall–Kier alpha value is -3.17. The van der Waals surface area contributed by atoms with Crippen LogP contribution in [0.15, 0.2) is 73.3 Å². The Bertz CT molecular complexity index is 1190. The summed E-state index contributed by atoms with van der Waals surface area (Å²) in [5, 5.41) is 9.28. The van der Waals surface area contributed by atoms with E-state index in [2.05, 4.69) is 20.4 Å². The molecule has 1 aliphatic rings. The molecule has 0 aliphatic carbocycles. The van der Waals surface area contributed by atoms with Crippen LogP contribution in [-0.2, 0) is 37.0 Å². The minimum absolute atomic E-state index is 0.105. The van der Waals surface area contributed by atoms with Crippen molar-refractivity contribution in [1.82, 2.24) is 0 Å². The van der Waals surface area contributed by atoms with Crippen molar-refractivity contribution >= 4 is 5.97 Å². The molecule has 6 atom stereocenters. The summed E-state index contributed by atoms with van der Waals surface area (Å²) in [7, 11) is 3.28. The van der Waals surface area contributed by atoms with Gasteiger partial charge in [0.15, 0.2) is 5.79 Å². The number of hydrogen-bond acceptors (Lipinski definition) is 7. The van der Waals surface area contributed by atoms with E-state index in [1.807, 2.05) is 75.4 Å². The molecule has 1 fully saturated rings. The topological polar surface area (TPSA) is 92.7 Å². The monoisotopic (exact) mass is 596 g/mol. The summed E-state index contributed by atoms with van der Waals surface area (Å²) >= 11 is 0. The highest BCUT2D eigenvalue weighted by Gasteiger charge is 2.47. The lowest BCUT2D eigenvalue weighted by Crippen LogP contribution is -2.56. The SMILES string of the molecule is C=CCC(C)(OCc1ccc(OC)cc1)[C@H]1C[C@@H]([C@H](C)[C@H](OCc2ccc(OC)cc2)[C@@H](C)/C=C/C(=O)O)OC(C)(C)O1. The molecule has 8 nitrogen and oxygen atoms in total. The molecule has 0 spiro atoms. The van der Waals surface area contributed by atoms with Crippen molar-refractivity contribution in [3.05, 3.63) is 84.5 Å². The van der Waals surface area contributed by atoms with Crippen molar-refractivity contribution in [3.8, 4) is 11.5 Å². The number of carboxylic acids is 1. The van der Waals surface area contributed by atoms with Crippen LogP contribution in [0.1, 0.15) is 58.6 Å². The molecular formula is C35H48O8. The third-order valence-electron chi connectivity index (χ3n) is 8.03. The van der Waals surface area contributed by atoms with Gasteiger partial charge in [-0.15, -0.1) is 6.58 Å². The van der Waals surface area contributed by atoms with Crippen molar-refractivity contribution in [2.45, 2.75) is 90.4 Å². The zero-order chi connectivity index (χ0) is 31.6. The molecule has 1 heterocycles. The summed E-state index contributed by atoms with van der Waals surface area (Å²) in [4.78, 5) is 11.3. The number of rotatable bonds is 16. The lowest BCUT2D eigenvalue weighted by Gasteiger charge is -2.49. The minimum Gasteiger partial charge on any atom is -0.497 e. The van der Waals surface area contributed by atoms with Gasteiger partial charge >= 0.3 is 5.97 Å². The minimum atomic E-state index is -0.994. The number of carbonyl (C=O) groups is 1. The molecule has 1 saturated heterocycles. The molecule has 43 heavy (non-hydrogen) atoms. The molecule has 236 valence electrons. The fraction of sp³-hybridized carbons (Fsp3) is 0.514. The third kappa shape index (κ3) is 9.93. The van der Waals surface area contributed by atoms with Gasteiger partial charge in [0, 0.05) is 24.3 Å². The van der Waals surface area contributed by atoms with Gasteiger partial charge in [-0.2, -0.15) is 0 Å². The first-order chi connectivity index (χ1) is 20.4. The molecule has 0 saturated carbocycles. The second kappa shape index (κ2) is 15.5. The van der Waals surface area contributed by atoms with Crippen molar-refractivity contribution < 1.29 is 38.3 Å². The zero-order valence-corrected chi connectivity index (χ0v) is 26.6. The molecular weight excluding hydrogens is 548 g/mol. The van der Waals surface area contributed by atoms with Crippen LogP contribution in [0.4, 0.5) is 0 Å². The molecule has 1 aliphatic heterocycles. The van der Waals surface area contributed by atoms with Crippen LogP contribution in [0.3, 0.4) is 0 Å². The van der Waals surface area contributed by atoms with Gasteiger partial charge in [-0.25, -0.2) is 4.79 Å². The molecule has 8 heteroatoms. The Morgan fingerprint density at radius 2 is 1.58 bits per heavy atom. The maximum atomic E-state index is 11.3. The highest BCUT2D eigenvalue weighted by atomic mass is 16.7. The summed E-state index contributed by atoms with van der Waals surface area (Å²) in [5.74, 6) is -0.609. The number of benzene rings is 2. The summed E-state index contributed by atoms with van der Waals surface area (Å²) in [5.41, 5.74) is 1.34. The van der Waals surface area contributed by atoms with Crippen molar-refractivity contribution in [1.29, 1.82) is 0 Å². The zero-order valence-electron chi connectivity index (χ0n) is 26.6. The van der Waals surface area contributed by atoms with Gasteiger partial charge in [0.25, 0.3) is 0 Å². The Balaban J connectivity index is 1.82. The highest BCUT2D eigenvalue weighted by molar-refractivity contribution is 5.79. The van der Waals surface area contributed by atoms with E-state index in [1.54, 1.807) is 20.3 Å². The van der Waals surface area contributed by atoms with Gasteiger partial charge in [0.1, 0.15) is 11.5 Å². The molecule has 1 N–H and O–H groups in total. The molecule has 0 aromatic heterocycles. The number of methoxy groups -OCH3 is 2. The van der Waals surface area contributed by atoms with Gasteiger partial charge < -0.3 is 33.5 Å². The maximum Gasteiger partial charge on any atom is 0.327 e. The predicted molar refractivity (Wildman–Crippen MR) is 166 cm³/mol. The fourth-order valence-corrected chi connectivity index (χ4v) is 5.53. The van der Waals surface area contributed by atoms with Crippen LogP contribution < -0.4 is 9.47 Å². The lowest BCUT2D eigenvalue weighted by molar-refractivity contribution is -0.339. The van der Waals surface area contributed by atoms with E-state index in [-0.39, 0.29) is 30.1 Å². The van der Waals surface area contributed by atoms with Crippen LogP contribution in [0, 0.1) is 11.8 Å². The summed E-state index contributed by atoms with van der Waals surface area (Å²) in [6.45, 7) is 14.7. The Morgan fingerprint density at radius 3 is 2.09 bits per heavy atom. The Kier molecular flexibility index (Phi) is 12.4. The Labute approximate surface area is 256 Å². The normalized spacial score (nSPS) is 21.8. The smallest absolute Gasteiger partial charge is 0.327 e.